The van der Waals surface area contributed by atoms with E-state index >= 15 is 0 Å². The number of benzene rings is 2. The monoisotopic (exact) mass is 304 g/mol. The zero-order chi connectivity index (χ0) is 14.8. The van der Waals surface area contributed by atoms with Gasteiger partial charge >= 0.3 is 0 Å². The number of halogens is 2. The third-order valence-corrected chi connectivity index (χ3v) is 3.33. The summed E-state index contributed by atoms with van der Waals surface area (Å²) >= 11 is 6.07. The van der Waals surface area contributed by atoms with E-state index in [1.807, 2.05) is 18.2 Å². The first-order valence-electron chi connectivity index (χ1n) is 6.18. The minimum absolute atomic E-state index is 0.0644. The third-order valence-electron chi connectivity index (χ3n) is 2.96. The van der Waals surface area contributed by atoms with Gasteiger partial charge in [-0.15, -0.1) is 0 Å². The summed E-state index contributed by atoms with van der Waals surface area (Å²) in [6, 6.07) is 11.1. The second-order valence-electron chi connectivity index (χ2n) is 4.45. The fourth-order valence-electron chi connectivity index (χ4n) is 1.92. The van der Waals surface area contributed by atoms with E-state index in [0.717, 1.165) is 11.6 Å². The van der Waals surface area contributed by atoms with Crippen molar-refractivity contribution in [2.75, 3.05) is 0 Å². The largest absolute Gasteiger partial charge is 0.508 e. The highest BCUT2D eigenvalue weighted by atomic mass is 35.5. The first-order chi connectivity index (χ1) is 10.1. The Balaban J connectivity index is 1.88. The van der Waals surface area contributed by atoms with Crippen LogP contribution in [0.4, 0.5) is 4.39 Å². The molecular formula is C15H10ClFN2O2. The second kappa shape index (κ2) is 5.54. The molecule has 0 unspecified atom stereocenters. The molecule has 0 aliphatic rings. The van der Waals surface area contributed by atoms with Gasteiger partial charge in [0.05, 0.1) is 5.56 Å². The maximum absolute atomic E-state index is 13.7. The summed E-state index contributed by atoms with van der Waals surface area (Å²) < 4.78 is 18.8. The van der Waals surface area contributed by atoms with Crippen molar-refractivity contribution in [1.29, 1.82) is 0 Å². The maximum atomic E-state index is 13.7. The van der Waals surface area contributed by atoms with Crippen molar-refractivity contribution in [1.82, 2.24) is 10.1 Å². The first kappa shape index (κ1) is 13.6. The summed E-state index contributed by atoms with van der Waals surface area (Å²) in [5.74, 6) is -0.310. The van der Waals surface area contributed by atoms with E-state index in [1.54, 1.807) is 6.07 Å². The van der Waals surface area contributed by atoms with Gasteiger partial charge in [-0.1, -0.05) is 35.0 Å². The molecule has 0 saturated heterocycles. The summed E-state index contributed by atoms with van der Waals surface area (Å²) in [6.07, 6.45) is 0.392. The lowest BCUT2D eigenvalue weighted by molar-refractivity contribution is 0.421. The fraction of sp³-hybridized carbons (Fsp3) is 0.0667. The summed E-state index contributed by atoms with van der Waals surface area (Å²) in [5, 5.41) is 13.6. The highest BCUT2D eigenvalue weighted by Gasteiger charge is 2.14. The predicted molar refractivity (Wildman–Crippen MR) is 75.6 cm³/mol. The van der Waals surface area contributed by atoms with Crippen LogP contribution in [-0.2, 0) is 6.42 Å². The molecular weight excluding hydrogens is 295 g/mol. The van der Waals surface area contributed by atoms with Gasteiger partial charge in [0.2, 0.25) is 0 Å². The Morgan fingerprint density at radius 1 is 1.19 bits per heavy atom. The SMILES string of the molecule is Oc1ccc(-c2nc(Cc3ccccc3Cl)no2)c(F)c1. The van der Waals surface area contributed by atoms with Gasteiger partial charge in [0.1, 0.15) is 11.6 Å². The molecule has 1 aromatic heterocycles. The van der Waals surface area contributed by atoms with Gasteiger partial charge in [0.15, 0.2) is 5.82 Å². The van der Waals surface area contributed by atoms with Crippen molar-refractivity contribution in [2.24, 2.45) is 0 Å². The molecule has 2 aromatic carbocycles. The van der Waals surface area contributed by atoms with E-state index in [4.69, 9.17) is 16.1 Å². The van der Waals surface area contributed by atoms with Crippen LogP contribution in [-0.4, -0.2) is 15.2 Å². The van der Waals surface area contributed by atoms with Gasteiger partial charge in [0.25, 0.3) is 5.89 Å². The van der Waals surface area contributed by atoms with Crippen LogP contribution in [0, 0.1) is 5.82 Å². The lowest BCUT2D eigenvalue weighted by atomic mass is 10.1. The average Bonchev–Trinajstić information content (AvgIpc) is 2.90. The highest BCUT2D eigenvalue weighted by molar-refractivity contribution is 6.31. The fourth-order valence-corrected chi connectivity index (χ4v) is 2.13. The Morgan fingerprint density at radius 2 is 2.00 bits per heavy atom. The molecule has 0 aliphatic carbocycles. The Labute approximate surface area is 124 Å². The van der Waals surface area contributed by atoms with Crippen molar-refractivity contribution in [2.45, 2.75) is 6.42 Å². The maximum Gasteiger partial charge on any atom is 0.260 e. The topological polar surface area (TPSA) is 59.2 Å². The van der Waals surface area contributed by atoms with Crippen LogP contribution in [0.15, 0.2) is 47.0 Å². The molecule has 4 nitrogen and oxygen atoms in total. The van der Waals surface area contributed by atoms with E-state index < -0.39 is 5.82 Å². The zero-order valence-corrected chi connectivity index (χ0v) is 11.5. The van der Waals surface area contributed by atoms with Crippen LogP contribution in [0.25, 0.3) is 11.5 Å². The Hall–Kier alpha value is -2.40. The summed E-state index contributed by atoms with van der Waals surface area (Å²) in [5.41, 5.74) is 1.00. The molecule has 0 radical (unpaired) electrons. The molecule has 3 aromatic rings. The van der Waals surface area contributed by atoms with Crippen molar-refractivity contribution >= 4 is 11.6 Å². The van der Waals surface area contributed by atoms with Gasteiger partial charge < -0.3 is 9.63 Å². The van der Waals surface area contributed by atoms with Gasteiger partial charge in [-0.3, -0.25) is 0 Å². The average molecular weight is 305 g/mol. The number of rotatable bonds is 3. The molecule has 0 atom stereocenters. The van der Waals surface area contributed by atoms with E-state index in [1.165, 1.54) is 12.1 Å². The first-order valence-corrected chi connectivity index (χ1v) is 6.56. The molecule has 6 heteroatoms. The lowest BCUT2D eigenvalue weighted by Crippen LogP contribution is -1.92. The second-order valence-corrected chi connectivity index (χ2v) is 4.86. The lowest BCUT2D eigenvalue weighted by Gasteiger charge is -1.99. The van der Waals surface area contributed by atoms with E-state index in [-0.39, 0.29) is 17.2 Å². The van der Waals surface area contributed by atoms with E-state index in [0.29, 0.717) is 17.3 Å². The molecule has 106 valence electrons. The zero-order valence-electron chi connectivity index (χ0n) is 10.8. The van der Waals surface area contributed by atoms with Crippen molar-refractivity contribution in [3.05, 3.63) is 64.7 Å². The van der Waals surface area contributed by atoms with Crippen molar-refractivity contribution in [3.63, 3.8) is 0 Å². The number of hydrogen-bond acceptors (Lipinski definition) is 4. The normalized spacial score (nSPS) is 10.8. The summed E-state index contributed by atoms with van der Waals surface area (Å²) in [4.78, 5) is 4.15. The number of aromatic nitrogens is 2. The molecule has 0 saturated carbocycles. The Kier molecular flexibility index (Phi) is 3.58. The smallest absolute Gasteiger partial charge is 0.260 e. The minimum atomic E-state index is -0.622. The van der Waals surface area contributed by atoms with Crippen LogP contribution in [0.1, 0.15) is 11.4 Å². The van der Waals surface area contributed by atoms with Crippen LogP contribution in [0.5, 0.6) is 5.75 Å². The number of phenolic OH excluding ortho intramolecular Hbond substituents is 1. The quantitative estimate of drug-likeness (QED) is 0.799. The molecule has 0 bridgehead atoms. The van der Waals surface area contributed by atoms with Crippen LogP contribution < -0.4 is 0 Å². The van der Waals surface area contributed by atoms with Gasteiger partial charge in [-0.05, 0) is 23.8 Å². The number of hydrogen-bond donors (Lipinski definition) is 1. The molecule has 0 spiro atoms. The summed E-state index contributed by atoms with van der Waals surface area (Å²) in [7, 11) is 0. The van der Waals surface area contributed by atoms with Crippen molar-refractivity contribution in [3.8, 4) is 17.2 Å². The highest BCUT2D eigenvalue weighted by Crippen LogP contribution is 2.25. The van der Waals surface area contributed by atoms with Gasteiger partial charge in [0, 0.05) is 17.5 Å². The molecule has 0 amide bonds. The predicted octanol–water partition coefficient (Wildman–Crippen LogP) is 3.83. The molecule has 3 rings (SSSR count). The molecule has 0 fully saturated rings. The van der Waals surface area contributed by atoms with Crippen LogP contribution in [0.3, 0.4) is 0 Å². The van der Waals surface area contributed by atoms with Crippen LogP contribution in [0.2, 0.25) is 5.02 Å². The number of phenols is 1. The Bertz CT molecular complexity index is 789. The minimum Gasteiger partial charge on any atom is -0.508 e. The molecule has 21 heavy (non-hydrogen) atoms. The molecule has 0 aliphatic heterocycles. The van der Waals surface area contributed by atoms with E-state index in [2.05, 4.69) is 10.1 Å². The molecule has 1 N–H and O–H groups in total. The van der Waals surface area contributed by atoms with Crippen molar-refractivity contribution < 1.29 is 14.0 Å². The van der Waals surface area contributed by atoms with Gasteiger partial charge in [-0.2, -0.15) is 4.98 Å². The van der Waals surface area contributed by atoms with Gasteiger partial charge in [-0.25, -0.2) is 4.39 Å². The number of nitrogens with zero attached hydrogens (tertiary/aromatic N) is 2. The standard InChI is InChI=1S/C15H10ClFN2O2/c16-12-4-2-1-3-9(12)7-14-18-15(21-19-14)11-6-5-10(20)8-13(11)17/h1-6,8,20H,7H2. The summed E-state index contributed by atoms with van der Waals surface area (Å²) in [6.45, 7) is 0. The number of aromatic hydroxyl groups is 1. The Morgan fingerprint density at radius 3 is 2.76 bits per heavy atom. The molecule has 1 heterocycles. The van der Waals surface area contributed by atoms with Crippen LogP contribution >= 0.6 is 11.6 Å². The third kappa shape index (κ3) is 2.87. The van der Waals surface area contributed by atoms with E-state index in [9.17, 15) is 9.50 Å².